The summed E-state index contributed by atoms with van der Waals surface area (Å²) in [5.74, 6) is -0.0858. The number of ether oxygens (including phenoxy) is 2. The first kappa shape index (κ1) is 18.9. The summed E-state index contributed by atoms with van der Waals surface area (Å²) in [6.07, 6.45) is 2.47. The van der Waals surface area contributed by atoms with Gasteiger partial charge in [-0.3, -0.25) is 9.59 Å². The van der Waals surface area contributed by atoms with E-state index in [0.717, 1.165) is 6.42 Å². The Morgan fingerprint density at radius 2 is 2.14 bits per heavy atom. The van der Waals surface area contributed by atoms with Crippen molar-refractivity contribution in [3.63, 3.8) is 0 Å². The molecule has 10 heteroatoms. The molecule has 1 fully saturated rings. The summed E-state index contributed by atoms with van der Waals surface area (Å²) >= 11 is 0. The molecule has 1 saturated heterocycles. The van der Waals surface area contributed by atoms with Gasteiger partial charge in [0.05, 0.1) is 25.0 Å². The van der Waals surface area contributed by atoms with Crippen molar-refractivity contribution in [3.05, 3.63) is 36.2 Å². The van der Waals surface area contributed by atoms with E-state index < -0.39 is 5.97 Å². The van der Waals surface area contributed by atoms with Crippen molar-refractivity contribution in [2.75, 3.05) is 38.3 Å². The van der Waals surface area contributed by atoms with E-state index in [1.807, 2.05) is 24.3 Å². The van der Waals surface area contributed by atoms with Gasteiger partial charge in [0, 0.05) is 26.1 Å². The Bertz CT molecular complexity index is 943. The van der Waals surface area contributed by atoms with E-state index in [9.17, 15) is 14.4 Å². The number of esters is 1. The highest BCUT2D eigenvalue weighted by atomic mass is 16.5. The number of methoxy groups -OCH3 is 1. The van der Waals surface area contributed by atoms with E-state index in [1.165, 1.54) is 13.3 Å². The fourth-order valence-corrected chi connectivity index (χ4v) is 3.60. The van der Waals surface area contributed by atoms with Gasteiger partial charge in [-0.15, -0.1) is 5.10 Å². The summed E-state index contributed by atoms with van der Waals surface area (Å²) < 4.78 is 11.7. The monoisotopic (exact) mass is 399 g/mol. The number of carbonyl (C=O) groups excluding carboxylic acids is 3. The third-order valence-electron chi connectivity index (χ3n) is 5.15. The molecular formula is C19H21N5O5. The Kier molecular flexibility index (Phi) is 5.15. The van der Waals surface area contributed by atoms with Crippen LogP contribution in [0, 0.1) is 0 Å². The van der Waals surface area contributed by atoms with Crippen LogP contribution in [-0.2, 0) is 14.3 Å². The number of aromatic nitrogens is 3. The van der Waals surface area contributed by atoms with Gasteiger partial charge in [-0.25, -0.2) is 9.48 Å². The van der Waals surface area contributed by atoms with E-state index in [4.69, 9.17) is 4.74 Å². The molecule has 2 aliphatic heterocycles. The highest BCUT2D eigenvalue weighted by Crippen LogP contribution is 2.31. The number of hydrogen-bond acceptors (Lipinski definition) is 7. The van der Waals surface area contributed by atoms with Gasteiger partial charge < -0.3 is 19.3 Å². The number of benzene rings is 1. The van der Waals surface area contributed by atoms with Gasteiger partial charge >= 0.3 is 5.97 Å². The third kappa shape index (κ3) is 3.78. The quantitative estimate of drug-likeness (QED) is 0.680. The molecule has 0 aliphatic carbocycles. The van der Waals surface area contributed by atoms with E-state index in [-0.39, 0.29) is 36.6 Å². The topological polar surface area (TPSA) is 107 Å². The van der Waals surface area contributed by atoms with Crippen molar-refractivity contribution in [3.8, 4) is 5.75 Å². The lowest BCUT2D eigenvalue weighted by molar-refractivity contribution is -0.130. The number of rotatable bonds is 5. The molecule has 1 aromatic heterocycles. The van der Waals surface area contributed by atoms with Gasteiger partial charge in [0.1, 0.15) is 5.75 Å². The molecule has 0 N–H and O–H groups in total. The predicted molar refractivity (Wildman–Crippen MR) is 101 cm³/mol. The molecule has 0 saturated carbocycles. The number of anilines is 1. The number of hydrogen-bond donors (Lipinski definition) is 0. The summed E-state index contributed by atoms with van der Waals surface area (Å²) in [7, 11) is 1.29. The number of fused-ring (bicyclic) bond motifs is 1. The fourth-order valence-electron chi connectivity index (χ4n) is 3.60. The van der Waals surface area contributed by atoms with E-state index in [0.29, 0.717) is 31.1 Å². The zero-order valence-electron chi connectivity index (χ0n) is 16.0. The normalized spacial score (nSPS) is 18.4. The minimum Gasteiger partial charge on any atom is -0.482 e. The molecule has 4 rings (SSSR count). The summed E-state index contributed by atoms with van der Waals surface area (Å²) in [5.41, 5.74) is 0.829. The maximum Gasteiger partial charge on any atom is 0.360 e. The maximum atomic E-state index is 12.7. The van der Waals surface area contributed by atoms with E-state index in [1.54, 1.807) is 14.5 Å². The average Bonchev–Trinajstić information content (AvgIpc) is 3.42. The molecule has 152 valence electrons. The van der Waals surface area contributed by atoms with Gasteiger partial charge in [-0.05, 0) is 18.6 Å². The second kappa shape index (κ2) is 7.90. The number of carbonyl (C=O) groups is 3. The van der Waals surface area contributed by atoms with Crippen molar-refractivity contribution in [1.82, 2.24) is 19.9 Å². The van der Waals surface area contributed by atoms with Gasteiger partial charge in [0.2, 0.25) is 5.91 Å². The summed E-state index contributed by atoms with van der Waals surface area (Å²) in [6, 6.07) is 7.25. The minimum absolute atomic E-state index is 0.0220. The first-order valence-corrected chi connectivity index (χ1v) is 9.37. The SMILES string of the molecule is COC(=O)c1cn([C@@H]2CCN(C(=O)CCN3C(=O)COc4ccccc43)C2)nn1. The van der Waals surface area contributed by atoms with Crippen LogP contribution in [0.15, 0.2) is 30.5 Å². The molecule has 2 aliphatic rings. The summed E-state index contributed by atoms with van der Waals surface area (Å²) in [5, 5.41) is 7.78. The van der Waals surface area contributed by atoms with Crippen molar-refractivity contribution in [2.45, 2.75) is 18.9 Å². The van der Waals surface area contributed by atoms with Crippen molar-refractivity contribution in [1.29, 1.82) is 0 Å². The van der Waals surface area contributed by atoms with E-state index >= 15 is 0 Å². The Balaban J connectivity index is 1.35. The molecular weight excluding hydrogens is 378 g/mol. The van der Waals surface area contributed by atoms with Crippen LogP contribution in [0.1, 0.15) is 29.4 Å². The molecule has 2 amide bonds. The lowest BCUT2D eigenvalue weighted by atomic mass is 10.2. The zero-order valence-corrected chi connectivity index (χ0v) is 16.0. The first-order chi connectivity index (χ1) is 14.1. The number of para-hydroxylation sites is 2. The molecule has 2 aromatic rings. The lowest BCUT2D eigenvalue weighted by Gasteiger charge is -2.29. The molecule has 0 spiro atoms. The van der Waals surface area contributed by atoms with E-state index in [2.05, 4.69) is 15.0 Å². The van der Waals surface area contributed by atoms with Crippen molar-refractivity contribution in [2.24, 2.45) is 0 Å². The predicted octanol–water partition coefficient (Wildman–Crippen LogP) is 0.654. The van der Waals surface area contributed by atoms with Crippen molar-refractivity contribution >= 4 is 23.5 Å². The van der Waals surface area contributed by atoms with Crippen LogP contribution in [0.3, 0.4) is 0 Å². The standard InChI is InChI=1S/C19H21N5O5/c1-28-19(27)14-11-24(21-20-14)13-6-8-22(10-13)17(25)7-9-23-15-4-2-3-5-16(15)29-12-18(23)26/h2-5,11,13H,6-10,12H2,1H3/t13-/m1/s1. The molecule has 0 unspecified atom stereocenters. The minimum atomic E-state index is -0.544. The van der Waals surface area contributed by atoms with Crippen LogP contribution in [0.2, 0.25) is 0 Å². The van der Waals surface area contributed by atoms with Crippen LogP contribution in [-0.4, -0.2) is 71.0 Å². The highest BCUT2D eigenvalue weighted by Gasteiger charge is 2.30. The summed E-state index contributed by atoms with van der Waals surface area (Å²) in [6.45, 7) is 1.35. The smallest absolute Gasteiger partial charge is 0.360 e. The number of amides is 2. The Morgan fingerprint density at radius 3 is 2.97 bits per heavy atom. The Labute approximate surface area is 167 Å². The zero-order chi connectivity index (χ0) is 20.4. The number of nitrogens with zero attached hydrogens (tertiary/aromatic N) is 5. The second-order valence-electron chi connectivity index (χ2n) is 6.91. The molecule has 1 atom stereocenters. The van der Waals surface area contributed by atoms with Gasteiger partial charge in [-0.2, -0.15) is 0 Å². The second-order valence-corrected chi connectivity index (χ2v) is 6.91. The lowest BCUT2D eigenvalue weighted by Crippen LogP contribution is -2.41. The molecule has 1 aromatic carbocycles. The average molecular weight is 399 g/mol. The molecule has 0 bridgehead atoms. The molecule has 0 radical (unpaired) electrons. The van der Waals surface area contributed by atoms with Gasteiger partial charge in [0.25, 0.3) is 5.91 Å². The molecule has 3 heterocycles. The summed E-state index contributed by atoms with van der Waals surface area (Å²) in [4.78, 5) is 39.8. The maximum absolute atomic E-state index is 12.7. The molecule has 29 heavy (non-hydrogen) atoms. The van der Waals surface area contributed by atoms with Crippen LogP contribution < -0.4 is 9.64 Å². The third-order valence-corrected chi connectivity index (χ3v) is 5.15. The van der Waals surface area contributed by atoms with Crippen LogP contribution in [0.5, 0.6) is 5.75 Å². The Hall–Kier alpha value is -3.43. The number of likely N-dealkylation sites (tertiary alicyclic amines) is 1. The van der Waals surface area contributed by atoms with Crippen LogP contribution in [0.25, 0.3) is 0 Å². The van der Waals surface area contributed by atoms with Gasteiger partial charge in [-0.1, -0.05) is 17.3 Å². The van der Waals surface area contributed by atoms with Gasteiger partial charge in [0.15, 0.2) is 12.3 Å². The van der Waals surface area contributed by atoms with Crippen molar-refractivity contribution < 1.29 is 23.9 Å². The van der Waals surface area contributed by atoms with Crippen LogP contribution >= 0.6 is 0 Å². The fraction of sp³-hybridized carbons (Fsp3) is 0.421. The highest BCUT2D eigenvalue weighted by molar-refractivity contribution is 5.98. The molecule has 10 nitrogen and oxygen atoms in total. The Morgan fingerprint density at radius 1 is 1.31 bits per heavy atom. The first-order valence-electron chi connectivity index (χ1n) is 9.37. The largest absolute Gasteiger partial charge is 0.482 e. The van der Waals surface area contributed by atoms with Crippen LogP contribution in [0.4, 0.5) is 5.69 Å².